The van der Waals surface area contributed by atoms with Crippen LogP contribution in [0.25, 0.3) is 11.4 Å². The molecule has 16 heavy (non-hydrogen) atoms. The molecule has 2 N–H and O–H groups in total. The van der Waals surface area contributed by atoms with E-state index in [1.54, 1.807) is 0 Å². The van der Waals surface area contributed by atoms with Gasteiger partial charge in [0.05, 0.1) is 17.9 Å². The molecule has 0 aliphatic carbocycles. The van der Waals surface area contributed by atoms with Crippen molar-refractivity contribution in [1.82, 2.24) is 20.3 Å². The zero-order valence-electron chi connectivity index (χ0n) is 9.62. The van der Waals surface area contributed by atoms with Gasteiger partial charge in [-0.2, -0.15) is 0 Å². The van der Waals surface area contributed by atoms with Crippen molar-refractivity contribution >= 4 is 0 Å². The molecule has 0 bridgehead atoms. The fraction of sp³-hybridized carbons (Fsp3) is 0.333. The van der Waals surface area contributed by atoms with Gasteiger partial charge in [-0.15, -0.1) is 0 Å². The van der Waals surface area contributed by atoms with Crippen LogP contribution >= 0.6 is 0 Å². The molecule has 0 spiro atoms. The zero-order chi connectivity index (χ0) is 11.4. The van der Waals surface area contributed by atoms with Crippen molar-refractivity contribution in [3.63, 3.8) is 0 Å². The van der Waals surface area contributed by atoms with Crippen molar-refractivity contribution in [2.45, 2.75) is 20.4 Å². The minimum atomic E-state index is 0.714. The number of aryl methyl sites for hydroxylation is 1. The Morgan fingerprint density at radius 1 is 1.38 bits per heavy atom. The highest BCUT2D eigenvalue weighted by molar-refractivity contribution is 5.54. The van der Waals surface area contributed by atoms with Gasteiger partial charge in [0, 0.05) is 11.9 Å². The van der Waals surface area contributed by atoms with E-state index in [0.717, 1.165) is 29.5 Å². The number of rotatable bonds is 4. The lowest BCUT2D eigenvalue weighted by Gasteiger charge is -2.05. The van der Waals surface area contributed by atoms with E-state index in [1.807, 2.05) is 31.3 Å². The second-order valence-corrected chi connectivity index (χ2v) is 3.67. The van der Waals surface area contributed by atoms with Crippen molar-refractivity contribution in [2.75, 3.05) is 6.54 Å². The number of aromatic amines is 1. The first-order valence-corrected chi connectivity index (χ1v) is 5.48. The number of nitrogens with zero attached hydrogens (tertiary/aromatic N) is 2. The van der Waals surface area contributed by atoms with Crippen molar-refractivity contribution in [3.8, 4) is 11.4 Å². The molecule has 0 saturated heterocycles. The van der Waals surface area contributed by atoms with E-state index in [2.05, 4.69) is 27.2 Å². The minimum Gasteiger partial charge on any atom is -0.360 e. The lowest BCUT2D eigenvalue weighted by Crippen LogP contribution is -2.15. The number of hydrogen-bond acceptors (Lipinski definition) is 3. The summed E-state index contributed by atoms with van der Waals surface area (Å²) >= 11 is 0. The molecule has 0 unspecified atom stereocenters. The fourth-order valence-corrected chi connectivity index (χ4v) is 1.57. The van der Waals surface area contributed by atoms with E-state index in [9.17, 15) is 0 Å². The molecule has 0 aromatic carbocycles. The zero-order valence-corrected chi connectivity index (χ0v) is 9.62. The summed E-state index contributed by atoms with van der Waals surface area (Å²) in [6.07, 6.45) is 1.90. The van der Waals surface area contributed by atoms with Crippen molar-refractivity contribution < 1.29 is 0 Å². The lowest BCUT2D eigenvalue weighted by atomic mass is 10.2. The van der Waals surface area contributed by atoms with E-state index in [1.165, 1.54) is 0 Å². The van der Waals surface area contributed by atoms with Gasteiger partial charge in [0.2, 0.25) is 0 Å². The predicted octanol–water partition coefficient (Wildman–Crippen LogP) is 1.89. The summed E-state index contributed by atoms with van der Waals surface area (Å²) in [7, 11) is 0. The average Bonchev–Trinajstić information content (AvgIpc) is 2.79. The third kappa shape index (κ3) is 2.46. The molecule has 4 heteroatoms. The minimum absolute atomic E-state index is 0.714. The van der Waals surface area contributed by atoms with Crippen LogP contribution in [0.2, 0.25) is 0 Å². The molecule has 0 aliphatic heterocycles. The smallest absolute Gasteiger partial charge is 0.143 e. The SMILES string of the molecule is CCNCc1nc(C)cc(-c2ccc[nH]2)n1. The van der Waals surface area contributed by atoms with E-state index in [0.29, 0.717) is 6.54 Å². The largest absolute Gasteiger partial charge is 0.360 e. The second kappa shape index (κ2) is 4.90. The van der Waals surface area contributed by atoms with Crippen LogP contribution in [0.15, 0.2) is 24.4 Å². The van der Waals surface area contributed by atoms with Gasteiger partial charge in [0.1, 0.15) is 5.82 Å². The Kier molecular flexibility index (Phi) is 3.31. The Labute approximate surface area is 95.1 Å². The van der Waals surface area contributed by atoms with Crippen molar-refractivity contribution in [2.24, 2.45) is 0 Å². The predicted molar refractivity (Wildman–Crippen MR) is 63.9 cm³/mol. The molecule has 0 radical (unpaired) electrons. The summed E-state index contributed by atoms with van der Waals surface area (Å²) in [5.74, 6) is 0.839. The molecular weight excluding hydrogens is 200 g/mol. The number of hydrogen-bond donors (Lipinski definition) is 2. The van der Waals surface area contributed by atoms with E-state index in [4.69, 9.17) is 0 Å². The van der Waals surface area contributed by atoms with E-state index < -0.39 is 0 Å². The Bertz CT molecular complexity index is 448. The molecule has 84 valence electrons. The monoisotopic (exact) mass is 216 g/mol. The van der Waals surface area contributed by atoms with Gasteiger partial charge >= 0.3 is 0 Å². The van der Waals surface area contributed by atoms with Crippen LogP contribution in [0.5, 0.6) is 0 Å². The molecule has 2 rings (SSSR count). The topological polar surface area (TPSA) is 53.6 Å². The van der Waals surface area contributed by atoms with Crippen LogP contribution in [-0.4, -0.2) is 21.5 Å². The molecule has 0 saturated carbocycles. The molecule has 2 aromatic rings. The molecule has 0 aliphatic rings. The van der Waals surface area contributed by atoms with Gasteiger partial charge < -0.3 is 10.3 Å². The fourth-order valence-electron chi connectivity index (χ4n) is 1.57. The molecule has 0 atom stereocenters. The quantitative estimate of drug-likeness (QED) is 0.820. The summed E-state index contributed by atoms with van der Waals surface area (Å²) in [6.45, 7) is 5.70. The summed E-state index contributed by atoms with van der Waals surface area (Å²) in [4.78, 5) is 12.1. The van der Waals surface area contributed by atoms with Gasteiger partial charge in [-0.25, -0.2) is 9.97 Å². The van der Waals surface area contributed by atoms with Gasteiger partial charge in [0.15, 0.2) is 0 Å². The van der Waals surface area contributed by atoms with Gasteiger partial charge in [-0.05, 0) is 31.7 Å². The average molecular weight is 216 g/mol. The molecule has 2 aromatic heterocycles. The third-order valence-electron chi connectivity index (χ3n) is 2.31. The summed E-state index contributed by atoms with van der Waals surface area (Å²) in [5, 5.41) is 3.23. The molecule has 2 heterocycles. The van der Waals surface area contributed by atoms with Crippen molar-refractivity contribution in [1.29, 1.82) is 0 Å². The first-order chi connectivity index (χ1) is 7.79. The highest BCUT2D eigenvalue weighted by atomic mass is 15.0. The van der Waals surface area contributed by atoms with Crippen LogP contribution in [0, 0.1) is 6.92 Å². The third-order valence-corrected chi connectivity index (χ3v) is 2.31. The maximum Gasteiger partial charge on any atom is 0.143 e. The molecule has 0 fully saturated rings. The van der Waals surface area contributed by atoms with Crippen LogP contribution < -0.4 is 5.32 Å². The summed E-state index contributed by atoms with van der Waals surface area (Å²) < 4.78 is 0. The number of aromatic nitrogens is 3. The van der Waals surface area contributed by atoms with E-state index >= 15 is 0 Å². The van der Waals surface area contributed by atoms with E-state index in [-0.39, 0.29) is 0 Å². The highest BCUT2D eigenvalue weighted by Crippen LogP contribution is 2.14. The Morgan fingerprint density at radius 2 is 2.25 bits per heavy atom. The van der Waals surface area contributed by atoms with Gasteiger partial charge in [0.25, 0.3) is 0 Å². The number of H-pyrrole nitrogens is 1. The standard InChI is InChI=1S/C12H16N4/c1-3-13-8-12-15-9(2)7-11(16-12)10-5-4-6-14-10/h4-7,13-14H,3,8H2,1-2H3. The highest BCUT2D eigenvalue weighted by Gasteiger charge is 2.04. The van der Waals surface area contributed by atoms with Crippen molar-refractivity contribution in [3.05, 3.63) is 35.9 Å². The molecule has 0 amide bonds. The maximum atomic E-state index is 4.51. The van der Waals surface area contributed by atoms with Crippen LogP contribution in [0.1, 0.15) is 18.4 Å². The van der Waals surface area contributed by atoms with Crippen LogP contribution in [0.4, 0.5) is 0 Å². The Morgan fingerprint density at radius 3 is 2.94 bits per heavy atom. The maximum absolute atomic E-state index is 4.51. The molecule has 4 nitrogen and oxygen atoms in total. The summed E-state index contributed by atoms with van der Waals surface area (Å²) in [5.41, 5.74) is 2.97. The van der Waals surface area contributed by atoms with Crippen LogP contribution in [-0.2, 0) is 6.54 Å². The Hall–Kier alpha value is -1.68. The van der Waals surface area contributed by atoms with Crippen LogP contribution in [0.3, 0.4) is 0 Å². The first-order valence-electron chi connectivity index (χ1n) is 5.48. The molecular formula is C12H16N4. The second-order valence-electron chi connectivity index (χ2n) is 3.67. The summed E-state index contributed by atoms with van der Waals surface area (Å²) in [6, 6.07) is 5.97. The normalized spacial score (nSPS) is 10.6. The first kappa shape index (κ1) is 10.8. The Balaban J connectivity index is 2.29. The number of nitrogens with one attached hydrogen (secondary N) is 2. The lowest BCUT2D eigenvalue weighted by molar-refractivity contribution is 0.688. The van der Waals surface area contributed by atoms with Gasteiger partial charge in [-0.1, -0.05) is 6.92 Å². The van der Waals surface area contributed by atoms with Gasteiger partial charge in [-0.3, -0.25) is 0 Å².